The molecule has 69 valence electrons. The Bertz CT molecular complexity index is 269. The van der Waals surface area contributed by atoms with Crippen LogP contribution in [0.4, 0.5) is 0 Å². The van der Waals surface area contributed by atoms with E-state index in [4.69, 9.17) is 4.74 Å². The van der Waals surface area contributed by atoms with Crippen molar-refractivity contribution in [3.05, 3.63) is 29.8 Å². The van der Waals surface area contributed by atoms with E-state index in [0.717, 1.165) is 11.3 Å². The predicted molar refractivity (Wildman–Crippen MR) is 55.0 cm³/mol. The zero-order valence-electron chi connectivity index (χ0n) is 7.36. The molecule has 1 aromatic carbocycles. The number of ether oxygens (including phenoxy) is 1. The van der Waals surface area contributed by atoms with Gasteiger partial charge in [-0.05, 0) is 24.6 Å². The fourth-order valence-electron chi connectivity index (χ4n) is 0.981. The molecular formula is C10H11O2S. The van der Waals surface area contributed by atoms with Gasteiger partial charge in [0.2, 0.25) is 6.29 Å². The molecule has 0 bridgehead atoms. The van der Waals surface area contributed by atoms with E-state index in [1.165, 1.54) is 0 Å². The van der Waals surface area contributed by atoms with Gasteiger partial charge >= 0.3 is 0 Å². The normalized spacial score (nSPS) is 12.2. The Kier molecular flexibility index (Phi) is 3.83. The molecular weight excluding hydrogens is 184 g/mol. The van der Waals surface area contributed by atoms with E-state index in [-0.39, 0.29) is 0 Å². The van der Waals surface area contributed by atoms with Gasteiger partial charge in [0.05, 0.1) is 11.9 Å². The van der Waals surface area contributed by atoms with Gasteiger partial charge < -0.3 is 4.74 Å². The molecule has 1 rings (SSSR count). The van der Waals surface area contributed by atoms with Crippen molar-refractivity contribution in [2.75, 3.05) is 6.61 Å². The third-order valence-electron chi connectivity index (χ3n) is 1.62. The summed E-state index contributed by atoms with van der Waals surface area (Å²) in [6.45, 7) is 2.57. The topological polar surface area (TPSA) is 26.3 Å². The fourth-order valence-corrected chi connectivity index (χ4v) is 1.15. The summed E-state index contributed by atoms with van der Waals surface area (Å²) in [6.07, 6.45) is 1.81. The second-order valence-corrected chi connectivity index (χ2v) is 3.04. The van der Waals surface area contributed by atoms with Crippen LogP contribution in [-0.2, 0) is 4.79 Å². The Morgan fingerprint density at radius 1 is 1.46 bits per heavy atom. The van der Waals surface area contributed by atoms with E-state index in [2.05, 4.69) is 12.6 Å². The van der Waals surface area contributed by atoms with E-state index < -0.39 is 5.25 Å². The second-order valence-electron chi connectivity index (χ2n) is 2.52. The van der Waals surface area contributed by atoms with Crippen LogP contribution in [0.15, 0.2) is 24.3 Å². The molecule has 0 saturated heterocycles. The Morgan fingerprint density at radius 2 is 2.08 bits per heavy atom. The average molecular weight is 195 g/mol. The van der Waals surface area contributed by atoms with Gasteiger partial charge in [0.15, 0.2) is 0 Å². The number of hydrogen-bond acceptors (Lipinski definition) is 3. The summed E-state index contributed by atoms with van der Waals surface area (Å²) in [6, 6.07) is 7.26. The molecule has 2 nitrogen and oxygen atoms in total. The van der Waals surface area contributed by atoms with Gasteiger partial charge in [0, 0.05) is 0 Å². The van der Waals surface area contributed by atoms with Crippen LogP contribution in [0.3, 0.4) is 0 Å². The number of carbonyl (C=O) groups excluding carboxylic acids is 1. The summed E-state index contributed by atoms with van der Waals surface area (Å²) in [5.41, 5.74) is 0.835. The lowest BCUT2D eigenvalue weighted by Gasteiger charge is -2.05. The molecule has 1 aromatic rings. The third-order valence-corrected chi connectivity index (χ3v) is 2.02. The van der Waals surface area contributed by atoms with Crippen LogP contribution < -0.4 is 4.74 Å². The second kappa shape index (κ2) is 4.92. The van der Waals surface area contributed by atoms with Gasteiger partial charge in [-0.25, -0.2) is 0 Å². The number of benzene rings is 1. The van der Waals surface area contributed by atoms with E-state index in [9.17, 15) is 4.79 Å². The van der Waals surface area contributed by atoms with Gasteiger partial charge in [-0.1, -0.05) is 12.1 Å². The summed E-state index contributed by atoms with van der Waals surface area (Å²) in [4.78, 5) is 10.3. The average Bonchev–Trinajstić information content (AvgIpc) is 2.18. The third kappa shape index (κ3) is 2.77. The first-order valence-corrected chi connectivity index (χ1v) is 4.58. The smallest absolute Gasteiger partial charge is 0.216 e. The zero-order chi connectivity index (χ0) is 9.68. The highest BCUT2D eigenvalue weighted by Gasteiger charge is 2.04. The lowest BCUT2D eigenvalue weighted by Crippen LogP contribution is -1.93. The molecule has 0 aliphatic carbocycles. The SMILES string of the molecule is CCOc1ccc(C(S)[C]=O)cc1. The van der Waals surface area contributed by atoms with Gasteiger partial charge in [-0.15, -0.1) is 0 Å². The molecule has 0 amide bonds. The monoisotopic (exact) mass is 195 g/mol. The van der Waals surface area contributed by atoms with Crippen molar-refractivity contribution >= 4 is 18.9 Å². The molecule has 1 atom stereocenters. The molecule has 0 saturated carbocycles. The summed E-state index contributed by atoms with van der Waals surface area (Å²) in [7, 11) is 0. The molecule has 1 radical (unpaired) electrons. The Morgan fingerprint density at radius 3 is 2.54 bits per heavy atom. The van der Waals surface area contributed by atoms with Crippen LogP contribution in [-0.4, -0.2) is 12.9 Å². The highest BCUT2D eigenvalue weighted by Crippen LogP contribution is 2.20. The van der Waals surface area contributed by atoms with Crippen LogP contribution >= 0.6 is 12.6 Å². The van der Waals surface area contributed by atoms with Crippen LogP contribution in [0.2, 0.25) is 0 Å². The lowest BCUT2D eigenvalue weighted by atomic mass is 10.1. The van der Waals surface area contributed by atoms with E-state index >= 15 is 0 Å². The predicted octanol–water partition coefficient (Wildman–Crippen LogP) is 2.17. The van der Waals surface area contributed by atoms with Crippen LogP contribution in [0.5, 0.6) is 5.75 Å². The fraction of sp³-hybridized carbons (Fsp3) is 0.300. The van der Waals surface area contributed by atoms with Crippen molar-refractivity contribution < 1.29 is 9.53 Å². The van der Waals surface area contributed by atoms with Crippen molar-refractivity contribution in [1.29, 1.82) is 0 Å². The van der Waals surface area contributed by atoms with Crippen molar-refractivity contribution in [2.45, 2.75) is 12.2 Å². The van der Waals surface area contributed by atoms with Gasteiger partial charge in [-0.2, -0.15) is 12.6 Å². The highest BCUT2D eigenvalue weighted by molar-refractivity contribution is 7.81. The summed E-state index contributed by atoms with van der Waals surface area (Å²) < 4.78 is 5.25. The number of hydrogen-bond donors (Lipinski definition) is 1. The number of rotatable bonds is 4. The Balaban J connectivity index is 2.74. The van der Waals surface area contributed by atoms with E-state index in [1.807, 2.05) is 31.2 Å². The molecule has 0 aliphatic rings. The molecule has 3 heteroatoms. The van der Waals surface area contributed by atoms with Crippen LogP contribution in [0.1, 0.15) is 17.7 Å². The van der Waals surface area contributed by atoms with E-state index in [0.29, 0.717) is 6.61 Å². The van der Waals surface area contributed by atoms with Crippen molar-refractivity contribution in [3.63, 3.8) is 0 Å². The standard InChI is InChI=1S/C10H11O2S/c1-2-12-9-5-3-8(4-6-9)10(13)7-11/h3-6,10,13H,2H2,1H3. The van der Waals surface area contributed by atoms with Crippen LogP contribution in [0, 0.1) is 0 Å². The molecule has 0 spiro atoms. The van der Waals surface area contributed by atoms with Gasteiger partial charge in [-0.3, -0.25) is 4.79 Å². The quantitative estimate of drug-likeness (QED) is 0.745. The Labute approximate surface area is 83.3 Å². The molecule has 0 aliphatic heterocycles. The Hall–Kier alpha value is -0.960. The van der Waals surface area contributed by atoms with Crippen LogP contribution in [0.25, 0.3) is 0 Å². The molecule has 0 heterocycles. The van der Waals surface area contributed by atoms with Crippen molar-refractivity contribution in [2.24, 2.45) is 0 Å². The minimum Gasteiger partial charge on any atom is -0.494 e. The maximum atomic E-state index is 10.3. The maximum Gasteiger partial charge on any atom is 0.216 e. The summed E-state index contributed by atoms with van der Waals surface area (Å²) >= 11 is 4.04. The lowest BCUT2D eigenvalue weighted by molar-refractivity contribution is 0.340. The molecule has 0 N–H and O–H groups in total. The van der Waals surface area contributed by atoms with E-state index in [1.54, 1.807) is 6.29 Å². The molecule has 13 heavy (non-hydrogen) atoms. The first-order chi connectivity index (χ1) is 6.27. The first kappa shape index (κ1) is 10.1. The zero-order valence-corrected chi connectivity index (χ0v) is 8.25. The van der Waals surface area contributed by atoms with Crippen molar-refractivity contribution in [3.8, 4) is 5.75 Å². The minimum absolute atomic E-state index is 0.462. The van der Waals surface area contributed by atoms with Crippen molar-refractivity contribution in [1.82, 2.24) is 0 Å². The summed E-state index contributed by atoms with van der Waals surface area (Å²) in [5, 5.41) is -0.462. The first-order valence-electron chi connectivity index (χ1n) is 4.06. The summed E-state index contributed by atoms with van der Waals surface area (Å²) in [5.74, 6) is 0.803. The molecule has 0 fully saturated rings. The van der Waals surface area contributed by atoms with Gasteiger partial charge in [0.1, 0.15) is 5.75 Å². The highest BCUT2D eigenvalue weighted by atomic mass is 32.1. The largest absolute Gasteiger partial charge is 0.494 e. The number of thiol groups is 1. The molecule has 0 aromatic heterocycles. The van der Waals surface area contributed by atoms with Gasteiger partial charge in [0.25, 0.3) is 0 Å². The maximum absolute atomic E-state index is 10.3. The molecule has 1 unspecified atom stereocenters. The minimum atomic E-state index is -0.462.